The maximum atomic E-state index is 4.29. The van der Waals surface area contributed by atoms with Crippen LogP contribution < -0.4 is 5.32 Å². The number of aromatic nitrogens is 2. The summed E-state index contributed by atoms with van der Waals surface area (Å²) in [5.74, 6) is 0.946. The van der Waals surface area contributed by atoms with E-state index in [4.69, 9.17) is 0 Å². The van der Waals surface area contributed by atoms with E-state index in [0.29, 0.717) is 6.04 Å². The number of hydrogen-bond acceptors (Lipinski definition) is 3. The molecular weight excluding hydrogens is 210 g/mol. The van der Waals surface area contributed by atoms with Gasteiger partial charge in [-0.05, 0) is 30.9 Å². The highest BCUT2D eigenvalue weighted by molar-refractivity contribution is 5.46. The molecule has 0 saturated heterocycles. The third-order valence-electron chi connectivity index (χ3n) is 3.34. The Bertz CT molecular complexity index is 536. The molecule has 0 spiro atoms. The minimum Gasteiger partial charge on any atom is -0.363 e. The van der Waals surface area contributed by atoms with Crippen molar-refractivity contribution in [2.24, 2.45) is 0 Å². The maximum Gasteiger partial charge on any atom is 0.132 e. The lowest BCUT2D eigenvalue weighted by Gasteiger charge is -2.15. The lowest BCUT2D eigenvalue weighted by molar-refractivity contribution is 0.755. The summed E-state index contributed by atoms with van der Waals surface area (Å²) in [4.78, 5) is 8.31. The molecule has 0 fully saturated rings. The van der Waals surface area contributed by atoms with Crippen LogP contribution in [0.15, 0.2) is 36.8 Å². The fourth-order valence-electron chi connectivity index (χ4n) is 2.42. The molecule has 86 valence electrons. The molecule has 1 aromatic carbocycles. The first-order valence-corrected chi connectivity index (χ1v) is 5.95. The van der Waals surface area contributed by atoms with Crippen molar-refractivity contribution in [3.8, 4) is 0 Å². The molecule has 0 saturated carbocycles. The van der Waals surface area contributed by atoms with Gasteiger partial charge in [-0.15, -0.1) is 0 Å². The molecule has 1 aromatic heterocycles. The van der Waals surface area contributed by atoms with E-state index in [2.05, 4.69) is 39.6 Å². The highest BCUT2D eigenvalue weighted by Crippen LogP contribution is 2.33. The third kappa shape index (κ3) is 1.88. The minimum atomic E-state index is 0.389. The van der Waals surface area contributed by atoms with Gasteiger partial charge < -0.3 is 5.32 Å². The highest BCUT2D eigenvalue weighted by Gasteiger charge is 2.22. The van der Waals surface area contributed by atoms with Crippen molar-refractivity contribution in [1.82, 2.24) is 9.97 Å². The number of nitrogens with one attached hydrogen (secondary N) is 1. The SMILES string of the molecule is Cc1cncnc1N[C@H]1CCc2ccccc21. The van der Waals surface area contributed by atoms with Gasteiger partial charge in [0.1, 0.15) is 12.1 Å². The van der Waals surface area contributed by atoms with Crippen LogP contribution in [0.2, 0.25) is 0 Å². The van der Waals surface area contributed by atoms with E-state index in [0.717, 1.165) is 24.2 Å². The van der Waals surface area contributed by atoms with Crippen LogP contribution in [0.1, 0.15) is 29.2 Å². The summed E-state index contributed by atoms with van der Waals surface area (Å²) < 4.78 is 0. The summed E-state index contributed by atoms with van der Waals surface area (Å²) in [5.41, 5.74) is 3.96. The Hall–Kier alpha value is -1.90. The van der Waals surface area contributed by atoms with Gasteiger partial charge in [0, 0.05) is 11.8 Å². The Kier molecular flexibility index (Phi) is 2.52. The molecule has 0 radical (unpaired) electrons. The van der Waals surface area contributed by atoms with Crippen molar-refractivity contribution in [2.75, 3.05) is 5.32 Å². The van der Waals surface area contributed by atoms with Gasteiger partial charge in [-0.1, -0.05) is 24.3 Å². The van der Waals surface area contributed by atoms with Crippen LogP contribution in [0.4, 0.5) is 5.82 Å². The normalized spacial score (nSPS) is 17.8. The van der Waals surface area contributed by atoms with E-state index < -0.39 is 0 Å². The zero-order valence-corrected chi connectivity index (χ0v) is 9.85. The van der Waals surface area contributed by atoms with Crippen LogP contribution >= 0.6 is 0 Å². The van der Waals surface area contributed by atoms with E-state index in [1.807, 2.05) is 13.1 Å². The molecule has 2 aromatic rings. The molecule has 3 rings (SSSR count). The zero-order valence-electron chi connectivity index (χ0n) is 9.85. The summed E-state index contributed by atoms with van der Waals surface area (Å²) in [6.45, 7) is 2.03. The predicted octanol–water partition coefficient (Wildman–Crippen LogP) is 2.88. The topological polar surface area (TPSA) is 37.8 Å². The van der Waals surface area contributed by atoms with E-state index in [-0.39, 0.29) is 0 Å². The van der Waals surface area contributed by atoms with Gasteiger partial charge in [-0.3, -0.25) is 0 Å². The first kappa shape index (κ1) is 10.3. The summed E-state index contributed by atoms with van der Waals surface area (Å²) in [6.07, 6.45) is 5.73. The second kappa shape index (κ2) is 4.17. The number of anilines is 1. The summed E-state index contributed by atoms with van der Waals surface area (Å²) in [6, 6.07) is 9.02. The number of benzene rings is 1. The standard InChI is InChI=1S/C14H15N3/c1-10-8-15-9-16-14(10)17-13-7-6-11-4-2-3-5-12(11)13/h2-5,8-9,13H,6-7H2,1H3,(H,15,16,17)/t13-/m0/s1. The lowest BCUT2D eigenvalue weighted by atomic mass is 10.1. The first-order valence-electron chi connectivity index (χ1n) is 5.95. The largest absolute Gasteiger partial charge is 0.363 e. The second-order valence-electron chi connectivity index (χ2n) is 4.49. The van der Waals surface area contributed by atoms with Gasteiger partial charge >= 0.3 is 0 Å². The van der Waals surface area contributed by atoms with Gasteiger partial charge in [0.05, 0.1) is 6.04 Å². The molecule has 3 nitrogen and oxygen atoms in total. The van der Waals surface area contributed by atoms with Gasteiger partial charge in [0.15, 0.2) is 0 Å². The molecule has 0 aliphatic heterocycles. The molecule has 1 aliphatic carbocycles. The quantitative estimate of drug-likeness (QED) is 0.854. The fourth-order valence-corrected chi connectivity index (χ4v) is 2.42. The Labute approximate surface area is 101 Å². The molecule has 1 atom stereocenters. The first-order chi connectivity index (χ1) is 8.34. The molecule has 1 aliphatic rings. The van der Waals surface area contributed by atoms with Gasteiger partial charge in [0.2, 0.25) is 0 Å². The molecule has 17 heavy (non-hydrogen) atoms. The van der Waals surface area contributed by atoms with Crippen LogP contribution in [0.3, 0.4) is 0 Å². The minimum absolute atomic E-state index is 0.389. The zero-order chi connectivity index (χ0) is 11.7. The van der Waals surface area contributed by atoms with Crippen LogP contribution in [-0.4, -0.2) is 9.97 Å². The molecule has 1 N–H and O–H groups in total. The third-order valence-corrected chi connectivity index (χ3v) is 3.34. The van der Waals surface area contributed by atoms with E-state index in [1.165, 1.54) is 11.1 Å². The molecule has 0 amide bonds. The van der Waals surface area contributed by atoms with Crippen molar-refractivity contribution in [1.29, 1.82) is 0 Å². The van der Waals surface area contributed by atoms with E-state index in [1.54, 1.807) is 6.33 Å². The summed E-state index contributed by atoms with van der Waals surface area (Å²) in [7, 11) is 0. The summed E-state index contributed by atoms with van der Waals surface area (Å²) in [5, 5.41) is 3.51. The van der Waals surface area contributed by atoms with Gasteiger partial charge in [-0.2, -0.15) is 0 Å². The monoisotopic (exact) mass is 225 g/mol. The molecule has 0 bridgehead atoms. The number of nitrogens with zero attached hydrogens (tertiary/aromatic N) is 2. The van der Waals surface area contributed by atoms with Gasteiger partial charge in [0.25, 0.3) is 0 Å². The smallest absolute Gasteiger partial charge is 0.132 e. The average Bonchev–Trinajstić information content (AvgIpc) is 2.76. The molecular formula is C14H15N3. The van der Waals surface area contributed by atoms with Crippen molar-refractivity contribution < 1.29 is 0 Å². The van der Waals surface area contributed by atoms with Crippen molar-refractivity contribution in [3.63, 3.8) is 0 Å². The molecule has 0 unspecified atom stereocenters. The Morgan fingerprint density at radius 1 is 1.29 bits per heavy atom. The average molecular weight is 225 g/mol. The number of hydrogen-bond donors (Lipinski definition) is 1. The van der Waals surface area contributed by atoms with Gasteiger partial charge in [-0.25, -0.2) is 9.97 Å². The van der Waals surface area contributed by atoms with Crippen LogP contribution in [-0.2, 0) is 6.42 Å². The lowest BCUT2D eigenvalue weighted by Crippen LogP contribution is -2.09. The Balaban J connectivity index is 1.87. The Morgan fingerprint density at radius 2 is 2.18 bits per heavy atom. The van der Waals surface area contributed by atoms with Crippen LogP contribution in [0.25, 0.3) is 0 Å². The number of aryl methyl sites for hydroxylation is 2. The van der Waals surface area contributed by atoms with Crippen molar-refractivity contribution in [2.45, 2.75) is 25.8 Å². The van der Waals surface area contributed by atoms with E-state index >= 15 is 0 Å². The number of fused-ring (bicyclic) bond motifs is 1. The Morgan fingerprint density at radius 3 is 3.06 bits per heavy atom. The van der Waals surface area contributed by atoms with Crippen molar-refractivity contribution in [3.05, 3.63) is 53.5 Å². The molecule has 1 heterocycles. The van der Waals surface area contributed by atoms with Crippen molar-refractivity contribution >= 4 is 5.82 Å². The second-order valence-corrected chi connectivity index (χ2v) is 4.49. The van der Waals surface area contributed by atoms with Crippen LogP contribution in [0.5, 0.6) is 0 Å². The van der Waals surface area contributed by atoms with Crippen LogP contribution in [0, 0.1) is 6.92 Å². The van der Waals surface area contributed by atoms with E-state index in [9.17, 15) is 0 Å². The summed E-state index contributed by atoms with van der Waals surface area (Å²) >= 11 is 0. The molecule has 3 heteroatoms. The predicted molar refractivity (Wildman–Crippen MR) is 67.9 cm³/mol. The maximum absolute atomic E-state index is 4.29. The fraction of sp³-hybridized carbons (Fsp3) is 0.286. The highest BCUT2D eigenvalue weighted by atomic mass is 15.0. The number of rotatable bonds is 2.